The van der Waals surface area contributed by atoms with Crippen LogP contribution in [0.25, 0.3) is 0 Å². The first-order valence-electron chi connectivity index (χ1n) is 5.15. The molecule has 0 saturated carbocycles. The van der Waals surface area contributed by atoms with Crippen molar-refractivity contribution in [3.05, 3.63) is 27.7 Å². The number of unbranched alkanes of at least 4 members (excludes halogenated alkanes) is 1. The molecular weight excluding hydrogens is 299 g/mol. The van der Waals surface area contributed by atoms with Gasteiger partial charge in [-0.05, 0) is 59.4 Å². The van der Waals surface area contributed by atoms with Gasteiger partial charge in [-0.25, -0.2) is 0 Å². The summed E-state index contributed by atoms with van der Waals surface area (Å²) in [4.78, 5) is 0. The van der Waals surface area contributed by atoms with E-state index in [1.165, 1.54) is 6.07 Å². The molecule has 6 heteroatoms. The van der Waals surface area contributed by atoms with Gasteiger partial charge in [0.25, 0.3) is 0 Å². The van der Waals surface area contributed by atoms with E-state index in [0.717, 1.165) is 18.9 Å². The van der Waals surface area contributed by atoms with Crippen molar-refractivity contribution in [2.24, 2.45) is 5.73 Å². The van der Waals surface area contributed by atoms with Gasteiger partial charge in [-0.2, -0.15) is 13.2 Å². The molecule has 0 aliphatic rings. The number of nitrogens with two attached hydrogens (primary N) is 1. The molecule has 1 rings (SSSR count). The number of rotatable bonds is 4. The largest absolute Gasteiger partial charge is 0.506 e. The molecule has 1 aromatic rings. The number of phenols is 1. The highest BCUT2D eigenvalue weighted by Gasteiger charge is 2.35. The normalized spacial score (nSPS) is 11.8. The third kappa shape index (κ3) is 3.89. The van der Waals surface area contributed by atoms with E-state index >= 15 is 0 Å². The molecule has 0 aliphatic carbocycles. The number of hydrogen-bond acceptors (Lipinski definition) is 2. The summed E-state index contributed by atoms with van der Waals surface area (Å²) in [5, 5.41) is 9.34. The van der Waals surface area contributed by atoms with Gasteiger partial charge in [0.15, 0.2) is 0 Å². The fraction of sp³-hybridized carbons (Fsp3) is 0.455. The third-order valence-electron chi connectivity index (χ3n) is 2.35. The SMILES string of the molecule is NCCCCc1cc(Br)c(O)c(C(F)(F)F)c1. The van der Waals surface area contributed by atoms with Crippen LogP contribution in [-0.4, -0.2) is 11.7 Å². The number of aromatic hydroxyl groups is 1. The van der Waals surface area contributed by atoms with Crippen LogP contribution in [0.3, 0.4) is 0 Å². The molecule has 0 saturated heterocycles. The minimum absolute atomic E-state index is 0.0649. The van der Waals surface area contributed by atoms with E-state index in [0.29, 0.717) is 18.5 Å². The lowest BCUT2D eigenvalue weighted by Crippen LogP contribution is -2.07. The maximum atomic E-state index is 12.6. The molecule has 2 nitrogen and oxygen atoms in total. The van der Waals surface area contributed by atoms with Gasteiger partial charge < -0.3 is 10.8 Å². The molecule has 0 unspecified atom stereocenters. The number of alkyl halides is 3. The number of phenolic OH excluding ortho intramolecular Hbond substituents is 1. The summed E-state index contributed by atoms with van der Waals surface area (Å²) >= 11 is 2.92. The van der Waals surface area contributed by atoms with E-state index < -0.39 is 17.5 Å². The van der Waals surface area contributed by atoms with Crippen molar-refractivity contribution in [3.8, 4) is 5.75 Å². The second-order valence-electron chi connectivity index (χ2n) is 3.72. The zero-order valence-corrected chi connectivity index (χ0v) is 10.6. The Hall–Kier alpha value is -0.750. The molecule has 0 aromatic heterocycles. The number of aryl methyl sites for hydroxylation is 1. The van der Waals surface area contributed by atoms with E-state index in [1.807, 2.05) is 0 Å². The molecule has 3 N–H and O–H groups in total. The molecule has 0 atom stereocenters. The van der Waals surface area contributed by atoms with E-state index in [9.17, 15) is 18.3 Å². The summed E-state index contributed by atoms with van der Waals surface area (Å²) in [5.41, 5.74) is 4.85. The van der Waals surface area contributed by atoms with Crippen LogP contribution < -0.4 is 5.73 Å². The Morgan fingerprint density at radius 2 is 1.88 bits per heavy atom. The molecule has 0 heterocycles. The standard InChI is InChI=1S/C11H13BrF3NO/c12-9-6-7(3-1-2-4-16)5-8(10(9)17)11(13,14)15/h5-6,17H,1-4,16H2. The Labute approximate surface area is 106 Å². The fourth-order valence-electron chi connectivity index (χ4n) is 1.49. The van der Waals surface area contributed by atoms with Crippen molar-refractivity contribution < 1.29 is 18.3 Å². The zero-order chi connectivity index (χ0) is 13.1. The Morgan fingerprint density at radius 1 is 1.24 bits per heavy atom. The maximum Gasteiger partial charge on any atom is 0.420 e. The van der Waals surface area contributed by atoms with E-state index in [-0.39, 0.29) is 4.47 Å². The molecule has 0 aliphatic heterocycles. The molecule has 0 fully saturated rings. The molecule has 0 amide bonds. The Morgan fingerprint density at radius 3 is 2.41 bits per heavy atom. The molecule has 0 radical (unpaired) electrons. The first-order valence-corrected chi connectivity index (χ1v) is 5.94. The lowest BCUT2D eigenvalue weighted by Gasteiger charge is -2.12. The lowest BCUT2D eigenvalue weighted by molar-refractivity contribution is -0.138. The molecule has 96 valence electrons. The quantitative estimate of drug-likeness (QED) is 0.837. The van der Waals surface area contributed by atoms with E-state index in [1.54, 1.807) is 0 Å². The van der Waals surface area contributed by atoms with Gasteiger partial charge >= 0.3 is 6.18 Å². The summed E-state index contributed by atoms with van der Waals surface area (Å²) in [5.74, 6) is -0.764. The summed E-state index contributed by atoms with van der Waals surface area (Å²) in [6.45, 7) is 0.519. The highest BCUT2D eigenvalue weighted by molar-refractivity contribution is 9.10. The Kier molecular flexibility index (Phi) is 4.82. The number of hydrogen-bond donors (Lipinski definition) is 2. The van der Waals surface area contributed by atoms with Gasteiger partial charge in [-0.3, -0.25) is 0 Å². The van der Waals surface area contributed by atoms with Crippen LogP contribution in [0.2, 0.25) is 0 Å². The van der Waals surface area contributed by atoms with Crippen LogP contribution in [0.5, 0.6) is 5.75 Å². The van der Waals surface area contributed by atoms with Crippen molar-refractivity contribution in [2.75, 3.05) is 6.54 Å². The Balaban J connectivity index is 2.98. The Bertz CT molecular complexity index is 393. The first kappa shape index (κ1) is 14.3. The number of benzene rings is 1. The molecule has 1 aromatic carbocycles. The van der Waals surface area contributed by atoms with Crippen molar-refractivity contribution in [1.82, 2.24) is 0 Å². The van der Waals surface area contributed by atoms with Crippen molar-refractivity contribution in [2.45, 2.75) is 25.4 Å². The van der Waals surface area contributed by atoms with Crippen LogP contribution in [-0.2, 0) is 12.6 Å². The van der Waals surface area contributed by atoms with Crippen LogP contribution in [0.1, 0.15) is 24.0 Å². The minimum Gasteiger partial charge on any atom is -0.506 e. The van der Waals surface area contributed by atoms with E-state index in [4.69, 9.17) is 5.73 Å². The van der Waals surface area contributed by atoms with Crippen LogP contribution in [0.4, 0.5) is 13.2 Å². The van der Waals surface area contributed by atoms with E-state index in [2.05, 4.69) is 15.9 Å². The third-order valence-corrected chi connectivity index (χ3v) is 2.95. The predicted molar refractivity (Wildman–Crippen MR) is 62.8 cm³/mol. The van der Waals surface area contributed by atoms with Crippen LogP contribution >= 0.6 is 15.9 Å². The fourth-order valence-corrected chi connectivity index (χ4v) is 2.00. The molecule has 0 spiro atoms. The molecular formula is C11H13BrF3NO. The van der Waals surface area contributed by atoms with Gasteiger partial charge in [0.2, 0.25) is 0 Å². The zero-order valence-electron chi connectivity index (χ0n) is 9.02. The maximum absolute atomic E-state index is 12.6. The van der Waals surface area contributed by atoms with Crippen LogP contribution in [0, 0.1) is 0 Å². The monoisotopic (exact) mass is 311 g/mol. The molecule has 0 bridgehead atoms. The predicted octanol–water partition coefficient (Wildman–Crippen LogP) is 3.45. The van der Waals surface area contributed by atoms with Gasteiger partial charge in [0.1, 0.15) is 5.75 Å². The summed E-state index contributed by atoms with van der Waals surface area (Å²) in [6.07, 6.45) is -2.54. The number of halogens is 4. The van der Waals surface area contributed by atoms with Crippen molar-refractivity contribution >= 4 is 15.9 Å². The van der Waals surface area contributed by atoms with Crippen molar-refractivity contribution in [1.29, 1.82) is 0 Å². The lowest BCUT2D eigenvalue weighted by atomic mass is 10.0. The van der Waals surface area contributed by atoms with Gasteiger partial charge in [0, 0.05) is 0 Å². The minimum atomic E-state index is -4.55. The van der Waals surface area contributed by atoms with Crippen LogP contribution in [0.15, 0.2) is 16.6 Å². The second-order valence-corrected chi connectivity index (χ2v) is 4.57. The smallest absolute Gasteiger partial charge is 0.420 e. The molecule has 17 heavy (non-hydrogen) atoms. The highest BCUT2D eigenvalue weighted by Crippen LogP contribution is 2.40. The summed E-state index contributed by atoms with van der Waals surface area (Å²) in [7, 11) is 0. The van der Waals surface area contributed by atoms with Crippen molar-refractivity contribution in [3.63, 3.8) is 0 Å². The average Bonchev–Trinajstić information content (AvgIpc) is 2.21. The van der Waals surface area contributed by atoms with Gasteiger partial charge in [0.05, 0.1) is 10.0 Å². The summed E-state index contributed by atoms with van der Waals surface area (Å²) in [6, 6.07) is 2.48. The second kappa shape index (κ2) is 5.73. The average molecular weight is 312 g/mol. The topological polar surface area (TPSA) is 46.2 Å². The van der Waals surface area contributed by atoms with Gasteiger partial charge in [-0.15, -0.1) is 0 Å². The first-order chi connectivity index (χ1) is 7.86. The van der Waals surface area contributed by atoms with Gasteiger partial charge in [-0.1, -0.05) is 0 Å². The summed E-state index contributed by atoms with van der Waals surface area (Å²) < 4.78 is 37.9. The highest BCUT2D eigenvalue weighted by atomic mass is 79.9.